The molecule has 0 spiro atoms. The van der Waals surface area contributed by atoms with Crippen molar-refractivity contribution in [2.45, 2.75) is 43.7 Å². The van der Waals surface area contributed by atoms with Crippen LogP contribution in [0, 0.1) is 22.7 Å². The van der Waals surface area contributed by atoms with Gasteiger partial charge >= 0.3 is 0 Å². The Balaban J connectivity index is 1.53. The number of likely N-dealkylation sites (tertiary alicyclic amines) is 1. The molecule has 1 aromatic heterocycles. The molecule has 2 N–H and O–H groups in total. The van der Waals surface area contributed by atoms with Crippen molar-refractivity contribution >= 4 is 11.7 Å². The Bertz CT molecular complexity index is 698. The van der Waals surface area contributed by atoms with Crippen molar-refractivity contribution in [3.05, 3.63) is 23.9 Å². The van der Waals surface area contributed by atoms with Gasteiger partial charge in [-0.2, -0.15) is 10.5 Å². The minimum Gasteiger partial charge on any atom is -0.368 e. The van der Waals surface area contributed by atoms with Gasteiger partial charge in [0, 0.05) is 19.3 Å². The van der Waals surface area contributed by atoms with E-state index in [1.54, 1.807) is 12.1 Å². The van der Waals surface area contributed by atoms with Gasteiger partial charge in [0.25, 0.3) is 0 Å². The first-order valence-corrected chi connectivity index (χ1v) is 8.69. The number of hydrogen-bond acceptors (Lipinski definition) is 6. The molecule has 0 bridgehead atoms. The van der Waals surface area contributed by atoms with Crippen LogP contribution in [0.5, 0.6) is 0 Å². The van der Waals surface area contributed by atoms with Gasteiger partial charge < -0.3 is 10.6 Å². The van der Waals surface area contributed by atoms with Gasteiger partial charge in [-0.1, -0.05) is 0 Å². The minimum atomic E-state index is -0.242. The molecule has 1 aromatic rings. The molecule has 0 aromatic carbocycles. The third-order valence-electron chi connectivity index (χ3n) is 5.08. The van der Waals surface area contributed by atoms with Crippen molar-refractivity contribution in [3.63, 3.8) is 0 Å². The third-order valence-corrected chi connectivity index (χ3v) is 5.08. The molecule has 2 fully saturated rings. The zero-order chi connectivity index (χ0) is 17.7. The van der Waals surface area contributed by atoms with Crippen LogP contribution in [0.15, 0.2) is 18.3 Å². The SMILES string of the molecule is N#Cc1ccc(NCC2(NC(=O)CN3CCCC3C#N)CCC2)nc1. The molecule has 1 saturated carbocycles. The fourth-order valence-corrected chi connectivity index (χ4v) is 3.46. The van der Waals surface area contributed by atoms with E-state index < -0.39 is 0 Å². The van der Waals surface area contributed by atoms with Crippen molar-refractivity contribution in [1.82, 2.24) is 15.2 Å². The van der Waals surface area contributed by atoms with Crippen LogP contribution in [0.3, 0.4) is 0 Å². The first kappa shape index (κ1) is 17.2. The fraction of sp³-hybridized carbons (Fsp3) is 0.556. The van der Waals surface area contributed by atoms with Crippen LogP contribution < -0.4 is 10.6 Å². The van der Waals surface area contributed by atoms with E-state index >= 15 is 0 Å². The predicted octanol–water partition coefficient (Wildman–Crippen LogP) is 1.39. The van der Waals surface area contributed by atoms with Gasteiger partial charge in [-0.25, -0.2) is 4.98 Å². The van der Waals surface area contributed by atoms with E-state index in [0.717, 1.165) is 38.6 Å². The highest BCUT2D eigenvalue weighted by Crippen LogP contribution is 2.32. The number of aromatic nitrogens is 1. The zero-order valence-corrected chi connectivity index (χ0v) is 14.2. The first-order chi connectivity index (χ1) is 12.1. The average Bonchev–Trinajstić information content (AvgIpc) is 3.04. The van der Waals surface area contributed by atoms with E-state index in [2.05, 4.69) is 21.7 Å². The zero-order valence-electron chi connectivity index (χ0n) is 14.2. The molecule has 25 heavy (non-hydrogen) atoms. The second-order valence-electron chi connectivity index (χ2n) is 6.84. The highest BCUT2D eigenvalue weighted by molar-refractivity contribution is 5.79. The van der Waals surface area contributed by atoms with E-state index in [-0.39, 0.29) is 24.0 Å². The van der Waals surface area contributed by atoms with Crippen molar-refractivity contribution < 1.29 is 4.79 Å². The molecule has 130 valence electrons. The lowest BCUT2D eigenvalue weighted by Crippen LogP contribution is -2.59. The maximum absolute atomic E-state index is 12.4. The number of carbonyl (C=O) groups excluding carboxylic acids is 1. The monoisotopic (exact) mass is 338 g/mol. The van der Waals surface area contributed by atoms with Crippen LogP contribution in [0.4, 0.5) is 5.82 Å². The van der Waals surface area contributed by atoms with E-state index in [4.69, 9.17) is 10.5 Å². The van der Waals surface area contributed by atoms with Crippen LogP contribution in [0.25, 0.3) is 0 Å². The maximum atomic E-state index is 12.4. The smallest absolute Gasteiger partial charge is 0.234 e. The maximum Gasteiger partial charge on any atom is 0.234 e. The van der Waals surface area contributed by atoms with Gasteiger partial charge in [0.15, 0.2) is 0 Å². The summed E-state index contributed by atoms with van der Waals surface area (Å²) in [6, 6.07) is 7.67. The molecule has 0 radical (unpaired) electrons. The van der Waals surface area contributed by atoms with Crippen molar-refractivity contribution in [1.29, 1.82) is 10.5 Å². The van der Waals surface area contributed by atoms with Gasteiger partial charge in [-0.3, -0.25) is 9.69 Å². The van der Waals surface area contributed by atoms with Gasteiger partial charge in [0.2, 0.25) is 5.91 Å². The topological polar surface area (TPSA) is 105 Å². The van der Waals surface area contributed by atoms with Crippen molar-refractivity contribution in [2.75, 3.05) is 25.0 Å². The average molecular weight is 338 g/mol. The molecule has 1 saturated heterocycles. The number of nitrogens with one attached hydrogen (secondary N) is 2. The molecular formula is C18H22N6O. The summed E-state index contributed by atoms with van der Waals surface area (Å²) in [5.41, 5.74) is 0.281. The summed E-state index contributed by atoms with van der Waals surface area (Å²) < 4.78 is 0. The van der Waals surface area contributed by atoms with Crippen LogP contribution in [0.1, 0.15) is 37.7 Å². The first-order valence-electron chi connectivity index (χ1n) is 8.69. The lowest BCUT2D eigenvalue weighted by atomic mass is 9.76. The number of pyridine rings is 1. The molecule has 1 aliphatic heterocycles. The predicted molar refractivity (Wildman–Crippen MR) is 92.4 cm³/mol. The highest BCUT2D eigenvalue weighted by atomic mass is 16.2. The number of hydrogen-bond donors (Lipinski definition) is 2. The van der Waals surface area contributed by atoms with Gasteiger partial charge in [0.1, 0.15) is 11.9 Å². The normalized spacial score (nSPS) is 21.6. The summed E-state index contributed by atoms with van der Waals surface area (Å²) >= 11 is 0. The lowest BCUT2D eigenvalue weighted by Gasteiger charge is -2.43. The molecule has 2 heterocycles. The van der Waals surface area contributed by atoms with Crippen molar-refractivity contribution in [2.24, 2.45) is 0 Å². The van der Waals surface area contributed by atoms with Gasteiger partial charge in [-0.05, 0) is 44.2 Å². The summed E-state index contributed by atoms with van der Waals surface area (Å²) in [5.74, 6) is 0.681. The molecule has 1 atom stereocenters. The molecule has 3 rings (SSSR count). The van der Waals surface area contributed by atoms with E-state index in [1.165, 1.54) is 6.20 Å². The Morgan fingerprint density at radius 1 is 1.36 bits per heavy atom. The summed E-state index contributed by atoms with van der Waals surface area (Å²) in [4.78, 5) is 18.6. The molecule has 1 unspecified atom stereocenters. The fourth-order valence-electron chi connectivity index (χ4n) is 3.46. The number of carbonyl (C=O) groups is 1. The second kappa shape index (κ2) is 7.50. The standard InChI is InChI=1S/C18H22N6O/c19-9-14-4-5-16(21-11-14)22-13-18(6-2-7-18)23-17(25)12-24-8-1-3-15(24)10-20/h4-5,11,15H,1-3,6-8,12-13H2,(H,21,22)(H,23,25). The number of anilines is 1. The number of nitriles is 2. The van der Waals surface area contributed by atoms with E-state index in [9.17, 15) is 4.79 Å². The van der Waals surface area contributed by atoms with E-state index in [0.29, 0.717) is 17.9 Å². The summed E-state index contributed by atoms with van der Waals surface area (Å²) in [7, 11) is 0. The van der Waals surface area contributed by atoms with Crippen LogP contribution in [-0.4, -0.2) is 47.0 Å². The molecule has 7 heteroatoms. The molecule has 1 amide bonds. The van der Waals surface area contributed by atoms with Crippen LogP contribution in [0.2, 0.25) is 0 Å². The minimum absolute atomic E-state index is 0.0172. The molecular weight excluding hydrogens is 316 g/mol. The van der Waals surface area contributed by atoms with Gasteiger partial charge in [0.05, 0.1) is 29.8 Å². The van der Waals surface area contributed by atoms with Crippen molar-refractivity contribution in [3.8, 4) is 12.1 Å². The number of nitrogens with zero attached hydrogens (tertiary/aromatic N) is 4. The van der Waals surface area contributed by atoms with Crippen LogP contribution >= 0.6 is 0 Å². The highest BCUT2D eigenvalue weighted by Gasteiger charge is 2.39. The molecule has 2 aliphatic rings. The Labute approximate surface area is 147 Å². The Hall–Kier alpha value is -2.64. The molecule has 7 nitrogen and oxygen atoms in total. The summed E-state index contributed by atoms with van der Waals surface area (Å²) in [6.45, 7) is 1.71. The largest absolute Gasteiger partial charge is 0.368 e. The van der Waals surface area contributed by atoms with Gasteiger partial charge in [-0.15, -0.1) is 0 Å². The summed E-state index contributed by atoms with van der Waals surface area (Å²) in [5, 5.41) is 24.4. The third kappa shape index (κ3) is 4.07. The quantitative estimate of drug-likeness (QED) is 0.812. The second-order valence-corrected chi connectivity index (χ2v) is 6.84. The number of rotatable bonds is 6. The Morgan fingerprint density at radius 2 is 2.20 bits per heavy atom. The van der Waals surface area contributed by atoms with E-state index in [1.807, 2.05) is 11.0 Å². The van der Waals surface area contributed by atoms with Crippen LogP contribution in [-0.2, 0) is 4.79 Å². The lowest BCUT2D eigenvalue weighted by molar-refractivity contribution is -0.125. The Kier molecular flexibility index (Phi) is 5.16. The summed E-state index contributed by atoms with van der Waals surface area (Å²) in [6.07, 6.45) is 6.31. The number of amides is 1. The molecule has 1 aliphatic carbocycles. The Morgan fingerprint density at radius 3 is 2.80 bits per heavy atom.